The van der Waals surface area contributed by atoms with E-state index in [-0.39, 0.29) is 25.3 Å². The van der Waals surface area contributed by atoms with Gasteiger partial charge in [-0.15, -0.1) is 0 Å². The number of carbonyl (C=O) groups is 3. The molecule has 39 heavy (non-hydrogen) atoms. The minimum atomic E-state index is -0.827. The normalized spacial score (nSPS) is 11.6. The first-order chi connectivity index (χ1) is 18.9. The lowest BCUT2D eigenvalue weighted by molar-refractivity contribution is -0.144. The highest BCUT2D eigenvalue weighted by atomic mass is 16.5. The third-order valence-corrected chi connectivity index (χ3v) is 6.84. The number of rotatable bonds is 24. The minimum Gasteiger partial charge on any atom is -0.508 e. The van der Waals surface area contributed by atoms with Crippen LogP contribution in [0, 0.1) is 0 Å². The predicted molar refractivity (Wildman–Crippen MR) is 156 cm³/mol. The van der Waals surface area contributed by atoms with Crippen LogP contribution in [0.5, 0.6) is 5.75 Å². The molecule has 0 bridgehead atoms. The molecule has 0 saturated heterocycles. The van der Waals surface area contributed by atoms with Crippen molar-refractivity contribution in [2.24, 2.45) is 5.73 Å². The molecule has 0 spiro atoms. The van der Waals surface area contributed by atoms with Gasteiger partial charge in [0.2, 0.25) is 11.8 Å². The van der Waals surface area contributed by atoms with E-state index in [2.05, 4.69) is 17.6 Å². The number of amides is 2. The van der Waals surface area contributed by atoms with Crippen molar-refractivity contribution >= 4 is 17.8 Å². The molecular weight excluding hydrogens is 494 g/mol. The first-order valence-electron chi connectivity index (χ1n) is 15.2. The molecule has 1 rings (SSSR count). The van der Waals surface area contributed by atoms with E-state index < -0.39 is 23.8 Å². The molecule has 0 aliphatic rings. The van der Waals surface area contributed by atoms with Gasteiger partial charge in [-0.25, -0.2) is 0 Å². The van der Waals surface area contributed by atoms with Crippen molar-refractivity contribution < 1.29 is 24.2 Å². The van der Waals surface area contributed by atoms with E-state index in [1.807, 2.05) is 0 Å². The Hall–Kier alpha value is -2.61. The predicted octanol–water partition coefficient (Wildman–Crippen LogP) is 5.30. The van der Waals surface area contributed by atoms with Gasteiger partial charge in [0, 0.05) is 0 Å². The number of esters is 1. The second kappa shape index (κ2) is 23.3. The van der Waals surface area contributed by atoms with Crippen LogP contribution in [-0.2, 0) is 25.5 Å². The summed E-state index contributed by atoms with van der Waals surface area (Å²) in [5.41, 5.74) is 6.67. The summed E-state index contributed by atoms with van der Waals surface area (Å²) in [5, 5.41) is 14.2. The molecular formula is C31H53N3O5. The van der Waals surface area contributed by atoms with Crippen molar-refractivity contribution in [2.75, 3.05) is 19.7 Å². The maximum atomic E-state index is 12.1. The second-order valence-electron chi connectivity index (χ2n) is 10.5. The summed E-state index contributed by atoms with van der Waals surface area (Å²) >= 11 is 0. The summed E-state index contributed by atoms with van der Waals surface area (Å²) in [7, 11) is 0. The van der Waals surface area contributed by atoms with Gasteiger partial charge in [-0.1, -0.05) is 115 Å². The molecule has 1 aromatic rings. The minimum absolute atomic E-state index is 0.136. The topological polar surface area (TPSA) is 131 Å². The lowest BCUT2D eigenvalue weighted by atomic mass is 10.0. The number of hydrogen-bond donors (Lipinski definition) is 4. The standard InChI is InChI=1S/C31H53N3O5/c1-2-3-4-5-6-7-8-9-10-11-12-13-14-15-16-17-22-39-30(37)25-33-29(36)24-34-31(38)28(32)23-26-18-20-27(35)21-19-26/h18-21,28,35H,2-17,22-25,32H2,1H3,(H,33,36)(H,34,38)/t28-/m0/s1. The van der Waals surface area contributed by atoms with Crippen LogP contribution in [0.15, 0.2) is 24.3 Å². The molecule has 8 nitrogen and oxygen atoms in total. The summed E-state index contributed by atoms with van der Waals surface area (Å²) in [4.78, 5) is 35.8. The van der Waals surface area contributed by atoms with Crippen LogP contribution in [0.1, 0.15) is 115 Å². The Bertz CT molecular complexity index is 785. The van der Waals surface area contributed by atoms with Gasteiger partial charge < -0.3 is 26.2 Å². The molecule has 0 aromatic heterocycles. The van der Waals surface area contributed by atoms with Crippen molar-refractivity contribution in [3.8, 4) is 5.75 Å². The average molecular weight is 548 g/mol. The first kappa shape index (κ1) is 34.4. The molecule has 0 aliphatic heterocycles. The largest absolute Gasteiger partial charge is 0.508 e. The number of carbonyl (C=O) groups excluding carboxylic acids is 3. The van der Waals surface area contributed by atoms with Gasteiger partial charge in [-0.05, 0) is 30.5 Å². The zero-order valence-electron chi connectivity index (χ0n) is 24.2. The maximum Gasteiger partial charge on any atom is 0.325 e. The fourth-order valence-electron chi connectivity index (χ4n) is 4.40. The lowest BCUT2D eigenvalue weighted by Crippen LogP contribution is -2.46. The van der Waals surface area contributed by atoms with Crippen molar-refractivity contribution in [2.45, 2.75) is 122 Å². The van der Waals surface area contributed by atoms with Crippen LogP contribution in [-0.4, -0.2) is 48.6 Å². The van der Waals surface area contributed by atoms with Crippen molar-refractivity contribution in [1.82, 2.24) is 10.6 Å². The summed E-state index contributed by atoms with van der Waals surface area (Å²) in [6.45, 7) is 2.12. The highest BCUT2D eigenvalue weighted by Crippen LogP contribution is 2.14. The molecule has 1 atom stereocenters. The molecule has 0 fully saturated rings. The average Bonchev–Trinajstić information content (AvgIpc) is 2.93. The molecule has 5 N–H and O–H groups in total. The van der Waals surface area contributed by atoms with Crippen LogP contribution < -0.4 is 16.4 Å². The van der Waals surface area contributed by atoms with E-state index in [4.69, 9.17) is 10.5 Å². The molecule has 0 unspecified atom stereocenters. The number of aromatic hydroxyl groups is 1. The third kappa shape index (κ3) is 20.0. The molecule has 2 amide bonds. The van der Waals surface area contributed by atoms with Crippen LogP contribution in [0.3, 0.4) is 0 Å². The second-order valence-corrected chi connectivity index (χ2v) is 10.5. The first-order valence-corrected chi connectivity index (χ1v) is 15.2. The van der Waals surface area contributed by atoms with Gasteiger partial charge in [0.15, 0.2) is 0 Å². The molecule has 8 heteroatoms. The van der Waals surface area contributed by atoms with Crippen molar-refractivity contribution in [3.63, 3.8) is 0 Å². The smallest absolute Gasteiger partial charge is 0.325 e. The summed E-state index contributed by atoms with van der Waals surface area (Å²) < 4.78 is 5.17. The van der Waals surface area contributed by atoms with E-state index in [0.717, 1.165) is 24.8 Å². The van der Waals surface area contributed by atoms with E-state index in [9.17, 15) is 19.5 Å². The molecule has 0 radical (unpaired) electrons. The number of benzene rings is 1. The quantitative estimate of drug-likeness (QED) is 0.103. The number of nitrogens with one attached hydrogen (secondary N) is 2. The van der Waals surface area contributed by atoms with Gasteiger partial charge in [0.25, 0.3) is 0 Å². The third-order valence-electron chi connectivity index (χ3n) is 6.84. The van der Waals surface area contributed by atoms with Gasteiger partial charge in [0.1, 0.15) is 12.3 Å². The lowest BCUT2D eigenvalue weighted by Gasteiger charge is -2.12. The Morgan fingerprint density at radius 3 is 1.74 bits per heavy atom. The maximum absolute atomic E-state index is 12.1. The summed E-state index contributed by atoms with van der Waals surface area (Å²) in [6.07, 6.45) is 20.9. The van der Waals surface area contributed by atoms with E-state index in [1.165, 1.54) is 95.6 Å². The number of hydrogen-bond acceptors (Lipinski definition) is 6. The number of phenols is 1. The van der Waals surface area contributed by atoms with Crippen LogP contribution >= 0.6 is 0 Å². The molecule has 222 valence electrons. The fourth-order valence-corrected chi connectivity index (χ4v) is 4.40. The molecule has 0 heterocycles. The molecule has 1 aromatic carbocycles. The van der Waals surface area contributed by atoms with Gasteiger partial charge in [0.05, 0.1) is 19.2 Å². The van der Waals surface area contributed by atoms with Crippen molar-refractivity contribution in [1.29, 1.82) is 0 Å². The van der Waals surface area contributed by atoms with E-state index >= 15 is 0 Å². The Kier molecular flexibility index (Phi) is 20.6. The Labute approximate surface area is 235 Å². The van der Waals surface area contributed by atoms with Crippen molar-refractivity contribution in [3.05, 3.63) is 29.8 Å². The van der Waals surface area contributed by atoms with E-state index in [0.29, 0.717) is 6.61 Å². The van der Waals surface area contributed by atoms with Gasteiger partial charge in [-0.3, -0.25) is 14.4 Å². The zero-order valence-corrected chi connectivity index (χ0v) is 24.2. The SMILES string of the molecule is CCCCCCCCCCCCCCCCCCOC(=O)CNC(=O)CNC(=O)[C@@H](N)Cc1ccc(O)cc1. The van der Waals surface area contributed by atoms with Crippen LogP contribution in [0.25, 0.3) is 0 Å². The number of nitrogens with two attached hydrogens (primary N) is 1. The van der Waals surface area contributed by atoms with Gasteiger partial charge in [-0.2, -0.15) is 0 Å². The highest BCUT2D eigenvalue weighted by Gasteiger charge is 2.15. The molecule has 0 aliphatic carbocycles. The fraction of sp³-hybridized carbons (Fsp3) is 0.710. The Morgan fingerprint density at radius 1 is 0.744 bits per heavy atom. The molecule has 0 saturated carbocycles. The number of unbranched alkanes of at least 4 members (excludes halogenated alkanes) is 15. The van der Waals surface area contributed by atoms with Gasteiger partial charge >= 0.3 is 5.97 Å². The van der Waals surface area contributed by atoms with Crippen LogP contribution in [0.2, 0.25) is 0 Å². The highest BCUT2D eigenvalue weighted by molar-refractivity contribution is 5.88. The monoisotopic (exact) mass is 547 g/mol. The summed E-state index contributed by atoms with van der Waals surface area (Å²) in [6, 6.07) is 5.58. The van der Waals surface area contributed by atoms with Crippen LogP contribution in [0.4, 0.5) is 0 Å². The Morgan fingerprint density at radius 2 is 1.23 bits per heavy atom. The zero-order chi connectivity index (χ0) is 28.6. The number of phenolic OH excluding ortho intramolecular Hbond substituents is 1. The summed E-state index contributed by atoms with van der Waals surface area (Å²) in [5.74, 6) is -1.31. The van der Waals surface area contributed by atoms with E-state index in [1.54, 1.807) is 12.1 Å². The Balaban J connectivity index is 1.90. The number of ether oxygens (including phenoxy) is 1.